The molecule has 1 aromatic heterocycles. The van der Waals surface area contributed by atoms with Crippen LogP contribution in [0.1, 0.15) is 17.7 Å². The van der Waals surface area contributed by atoms with E-state index in [-0.39, 0.29) is 0 Å². The van der Waals surface area contributed by atoms with Gasteiger partial charge in [0.15, 0.2) is 0 Å². The fourth-order valence-electron chi connectivity index (χ4n) is 1.33. The molecule has 0 atom stereocenters. The van der Waals surface area contributed by atoms with Crippen LogP contribution >= 0.6 is 0 Å². The van der Waals surface area contributed by atoms with Crippen molar-refractivity contribution in [3.05, 3.63) is 11.6 Å². The van der Waals surface area contributed by atoms with E-state index in [2.05, 4.69) is 15.4 Å². The van der Waals surface area contributed by atoms with Crippen molar-refractivity contribution in [2.45, 2.75) is 19.9 Å². The number of hydrogen-bond donors (Lipinski definition) is 1. The van der Waals surface area contributed by atoms with Crippen LogP contribution in [-0.2, 0) is 0 Å². The normalized spacial score (nSPS) is 18.4. The van der Waals surface area contributed by atoms with E-state index in [1.54, 1.807) is 0 Å². The van der Waals surface area contributed by atoms with Gasteiger partial charge >= 0.3 is 0 Å². The fraction of sp³-hybridized carbons (Fsp3) is 0.714. The van der Waals surface area contributed by atoms with Gasteiger partial charge in [0.2, 0.25) is 0 Å². The quantitative estimate of drug-likeness (QED) is 0.617. The van der Waals surface area contributed by atoms with E-state index < -0.39 is 0 Å². The van der Waals surface area contributed by atoms with Crippen LogP contribution < -0.4 is 5.32 Å². The van der Waals surface area contributed by atoms with Crippen LogP contribution in [-0.4, -0.2) is 27.9 Å². The molecule has 0 saturated carbocycles. The number of rotatable bonds is 1. The van der Waals surface area contributed by atoms with E-state index in [9.17, 15) is 0 Å². The van der Waals surface area contributed by atoms with Crippen LogP contribution in [0.3, 0.4) is 0 Å². The van der Waals surface area contributed by atoms with Crippen LogP contribution in [0.25, 0.3) is 0 Å². The molecule has 1 fully saturated rings. The third-order valence-electron chi connectivity index (χ3n) is 2.01. The van der Waals surface area contributed by atoms with Crippen molar-refractivity contribution in [3.63, 3.8) is 0 Å². The molecule has 1 N–H and O–H groups in total. The largest absolute Gasteiger partial charge is 0.312 e. The Morgan fingerprint density at radius 2 is 2.18 bits per heavy atom. The van der Waals surface area contributed by atoms with Gasteiger partial charge in [-0.1, -0.05) is 0 Å². The average molecular weight is 152 g/mol. The number of hydrogen-bond acceptors (Lipinski definition) is 3. The molecule has 0 aliphatic carbocycles. The Bertz CT molecular complexity index is 261. The molecule has 0 bridgehead atoms. The first-order valence-electron chi connectivity index (χ1n) is 3.88. The molecule has 0 aromatic carbocycles. The van der Waals surface area contributed by atoms with Crippen LogP contribution in [0.4, 0.5) is 0 Å². The molecule has 4 nitrogen and oxygen atoms in total. The Balaban J connectivity index is 2.28. The second kappa shape index (κ2) is 2.30. The third kappa shape index (κ3) is 1.03. The Hall–Kier alpha value is -0.900. The SMILES string of the molecule is Cc1nc(C)n(C2CNC2)n1. The number of nitrogens with zero attached hydrogens (tertiary/aromatic N) is 3. The smallest absolute Gasteiger partial charge is 0.147 e. The first-order valence-corrected chi connectivity index (χ1v) is 3.88. The molecule has 1 aliphatic rings. The van der Waals surface area contributed by atoms with E-state index in [4.69, 9.17) is 0 Å². The molecule has 2 rings (SSSR count). The minimum absolute atomic E-state index is 0.538. The Kier molecular flexibility index (Phi) is 1.42. The summed E-state index contributed by atoms with van der Waals surface area (Å²) in [6, 6.07) is 0.538. The average Bonchev–Trinajstić information content (AvgIpc) is 2.07. The maximum absolute atomic E-state index is 4.30. The van der Waals surface area contributed by atoms with E-state index in [1.807, 2.05) is 18.5 Å². The Morgan fingerprint density at radius 1 is 1.45 bits per heavy atom. The second-order valence-electron chi connectivity index (χ2n) is 2.96. The highest BCUT2D eigenvalue weighted by molar-refractivity contribution is 4.93. The highest BCUT2D eigenvalue weighted by atomic mass is 15.4. The summed E-state index contributed by atoms with van der Waals surface area (Å²) in [6.07, 6.45) is 0. The molecule has 0 spiro atoms. The Morgan fingerprint density at radius 3 is 2.55 bits per heavy atom. The molecular formula is C7H12N4. The lowest BCUT2D eigenvalue weighted by Crippen LogP contribution is -2.44. The van der Waals surface area contributed by atoms with Gasteiger partial charge in [-0.05, 0) is 13.8 Å². The minimum Gasteiger partial charge on any atom is -0.312 e. The highest BCUT2D eigenvalue weighted by Crippen LogP contribution is 2.11. The summed E-state index contributed by atoms with van der Waals surface area (Å²) >= 11 is 0. The first kappa shape index (κ1) is 6.79. The first-order chi connectivity index (χ1) is 5.27. The lowest BCUT2D eigenvalue weighted by Gasteiger charge is -2.27. The summed E-state index contributed by atoms with van der Waals surface area (Å²) < 4.78 is 2.01. The van der Waals surface area contributed by atoms with Gasteiger partial charge in [-0.2, -0.15) is 5.10 Å². The zero-order chi connectivity index (χ0) is 7.84. The van der Waals surface area contributed by atoms with Gasteiger partial charge in [-0.15, -0.1) is 0 Å². The predicted molar refractivity (Wildman–Crippen MR) is 41.4 cm³/mol. The summed E-state index contributed by atoms with van der Waals surface area (Å²) in [5.41, 5.74) is 0. The lowest BCUT2D eigenvalue weighted by atomic mass is 10.2. The van der Waals surface area contributed by atoms with Crippen LogP contribution in [0.5, 0.6) is 0 Å². The standard InChI is InChI=1S/C7H12N4/c1-5-9-6(2)11(10-5)7-3-8-4-7/h7-8H,3-4H2,1-2H3. The zero-order valence-electron chi connectivity index (χ0n) is 6.83. The molecule has 4 heteroatoms. The Labute approximate surface area is 65.6 Å². The maximum Gasteiger partial charge on any atom is 0.147 e. The minimum atomic E-state index is 0.538. The van der Waals surface area contributed by atoms with Crippen molar-refractivity contribution in [2.24, 2.45) is 0 Å². The van der Waals surface area contributed by atoms with E-state index in [1.165, 1.54) is 0 Å². The van der Waals surface area contributed by atoms with Gasteiger partial charge in [0.05, 0.1) is 6.04 Å². The summed E-state index contributed by atoms with van der Waals surface area (Å²) in [4.78, 5) is 4.24. The van der Waals surface area contributed by atoms with Crippen molar-refractivity contribution in [1.29, 1.82) is 0 Å². The fourth-order valence-corrected chi connectivity index (χ4v) is 1.33. The molecule has 11 heavy (non-hydrogen) atoms. The van der Waals surface area contributed by atoms with Crippen molar-refractivity contribution >= 4 is 0 Å². The number of aromatic nitrogens is 3. The van der Waals surface area contributed by atoms with Crippen molar-refractivity contribution in [1.82, 2.24) is 20.1 Å². The third-order valence-corrected chi connectivity index (χ3v) is 2.01. The molecule has 1 aliphatic heterocycles. The maximum atomic E-state index is 4.30. The lowest BCUT2D eigenvalue weighted by molar-refractivity contribution is 0.311. The van der Waals surface area contributed by atoms with Crippen molar-refractivity contribution in [3.8, 4) is 0 Å². The predicted octanol–water partition coefficient (Wildman–Crippen LogP) is 0.0392. The summed E-state index contributed by atoms with van der Waals surface area (Å²) in [7, 11) is 0. The molecule has 60 valence electrons. The van der Waals surface area contributed by atoms with Crippen molar-refractivity contribution < 1.29 is 0 Å². The summed E-state index contributed by atoms with van der Waals surface area (Å²) in [5, 5.41) is 7.51. The molecule has 2 heterocycles. The van der Waals surface area contributed by atoms with Crippen molar-refractivity contribution in [2.75, 3.05) is 13.1 Å². The molecule has 0 radical (unpaired) electrons. The van der Waals surface area contributed by atoms with Crippen LogP contribution in [0, 0.1) is 13.8 Å². The van der Waals surface area contributed by atoms with Crippen LogP contribution in [0.15, 0.2) is 0 Å². The van der Waals surface area contributed by atoms with Gasteiger partial charge < -0.3 is 5.32 Å². The number of aryl methyl sites for hydroxylation is 2. The van der Waals surface area contributed by atoms with E-state index >= 15 is 0 Å². The molecule has 1 aromatic rings. The molecule has 0 unspecified atom stereocenters. The summed E-state index contributed by atoms with van der Waals surface area (Å²) in [6.45, 7) is 5.99. The second-order valence-corrected chi connectivity index (χ2v) is 2.96. The monoisotopic (exact) mass is 152 g/mol. The molecule has 1 saturated heterocycles. The highest BCUT2D eigenvalue weighted by Gasteiger charge is 2.21. The summed E-state index contributed by atoms with van der Waals surface area (Å²) in [5.74, 6) is 1.89. The molecular weight excluding hydrogens is 140 g/mol. The zero-order valence-corrected chi connectivity index (χ0v) is 6.83. The topological polar surface area (TPSA) is 42.7 Å². The van der Waals surface area contributed by atoms with Gasteiger partial charge in [-0.25, -0.2) is 9.67 Å². The van der Waals surface area contributed by atoms with Gasteiger partial charge in [0.1, 0.15) is 11.6 Å². The van der Waals surface area contributed by atoms with Gasteiger partial charge in [-0.3, -0.25) is 0 Å². The van der Waals surface area contributed by atoms with Gasteiger partial charge in [0, 0.05) is 13.1 Å². The van der Waals surface area contributed by atoms with Crippen LogP contribution in [0.2, 0.25) is 0 Å². The van der Waals surface area contributed by atoms with E-state index in [0.29, 0.717) is 6.04 Å². The number of nitrogens with one attached hydrogen (secondary N) is 1. The van der Waals surface area contributed by atoms with E-state index in [0.717, 1.165) is 24.7 Å². The molecule has 0 amide bonds. The van der Waals surface area contributed by atoms with Gasteiger partial charge in [0.25, 0.3) is 0 Å².